The van der Waals surface area contributed by atoms with Crippen molar-refractivity contribution in [3.05, 3.63) is 70.7 Å². The number of sulfonamides is 1. The van der Waals surface area contributed by atoms with Crippen molar-refractivity contribution in [2.45, 2.75) is 0 Å². The number of imide groups is 1. The Morgan fingerprint density at radius 2 is 1.48 bits per heavy atom. The average Bonchev–Trinajstić information content (AvgIpc) is 2.95. The first-order chi connectivity index (χ1) is 13.8. The second kappa shape index (κ2) is 7.06. The monoisotopic (exact) mass is 430 g/mol. The summed E-state index contributed by atoms with van der Waals surface area (Å²) < 4.78 is 27.7. The van der Waals surface area contributed by atoms with Crippen molar-refractivity contribution in [1.82, 2.24) is 4.90 Å². The number of phenols is 1. The van der Waals surface area contributed by atoms with E-state index in [-0.39, 0.29) is 34.1 Å². The topological polar surface area (TPSA) is 104 Å². The van der Waals surface area contributed by atoms with E-state index in [4.69, 9.17) is 11.6 Å². The van der Waals surface area contributed by atoms with Crippen molar-refractivity contribution >= 4 is 49.9 Å². The van der Waals surface area contributed by atoms with Gasteiger partial charge in [0.2, 0.25) is 10.0 Å². The van der Waals surface area contributed by atoms with E-state index in [1.807, 2.05) is 0 Å². The van der Waals surface area contributed by atoms with Gasteiger partial charge in [-0.1, -0.05) is 48.0 Å². The molecule has 0 fully saturated rings. The van der Waals surface area contributed by atoms with Crippen LogP contribution in [-0.4, -0.2) is 42.5 Å². The lowest BCUT2D eigenvalue weighted by Gasteiger charge is -2.16. The number of fused-ring (bicyclic) bond motifs is 2. The number of carbonyl (C=O) groups excluding carboxylic acids is 2. The first-order valence-corrected chi connectivity index (χ1v) is 10.7. The Morgan fingerprint density at radius 1 is 0.931 bits per heavy atom. The molecule has 0 unspecified atom stereocenters. The Bertz CT molecular complexity index is 1240. The molecule has 0 bridgehead atoms. The molecule has 1 aliphatic heterocycles. The van der Waals surface area contributed by atoms with Gasteiger partial charge in [-0.05, 0) is 18.2 Å². The summed E-state index contributed by atoms with van der Waals surface area (Å²) in [6.45, 7) is -0.286. The normalized spacial score (nSPS) is 13.8. The van der Waals surface area contributed by atoms with Gasteiger partial charge >= 0.3 is 0 Å². The molecule has 2 N–H and O–H groups in total. The zero-order valence-electron chi connectivity index (χ0n) is 14.9. The summed E-state index contributed by atoms with van der Waals surface area (Å²) in [5.41, 5.74) is 0.726. The minimum atomic E-state index is -3.91. The third-order valence-electron chi connectivity index (χ3n) is 4.70. The first kappa shape index (κ1) is 19.2. The van der Waals surface area contributed by atoms with Crippen molar-refractivity contribution in [2.75, 3.05) is 17.0 Å². The molecule has 3 aromatic carbocycles. The largest absolute Gasteiger partial charge is 0.506 e. The van der Waals surface area contributed by atoms with Gasteiger partial charge in [-0.25, -0.2) is 8.42 Å². The number of phenolic OH excluding ortho intramolecular Hbond substituents is 1. The summed E-state index contributed by atoms with van der Waals surface area (Å²) in [5.74, 6) is -1.65. The number of amides is 2. The Hall–Kier alpha value is -3.10. The molecule has 0 atom stereocenters. The van der Waals surface area contributed by atoms with E-state index in [2.05, 4.69) is 4.72 Å². The number of carbonyl (C=O) groups is 2. The highest BCUT2D eigenvalue weighted by molar-refractivity contribution is 7.92. The fraction of sp³-hybridized carbons (Fsp3) is 0.100. The zero-order valence-corrected chi connectivity index (χ0v) is 16.5. The Morgan fingerprint density at radius 3 is 2.10 bits per heavy atom. The third kappa shape index (κ3) is 3.41. The molecule has 0 saturated heterocycles. The van der Waals surface area contributed by atoms with Gasteiger partial charge in [0.1, 0.15) is 5.75 Å². The minimum absolute atomic E-state index is 0.00162. The Kier molecular flexibility index (Phi) is 4.68. The zero-order chi connectivity index (χ0) is 20.8. The third-order valence-corrected chi connectivity index (χ3v) is 6.24. The van der Waals surface area contributed by atoms with Crippen molar-refractivity contribution < 1.29 is 23.1 Å². The van der Waals surface area contributed by atoms with Crippen LogP contribution in [0.2, 0.25) is 5.02 Å². The van der Waals surface area contributed by atoms with E-state index in [9.17, 15) is 23.1 Å². The second-order valence-corrected chi connectivity index (χ2v) is 8.78. The predicted octanol–water partition coefficient (Wildman–Crippen LogP) is 3.24. The average molecular weight is 431 g/mol. The van der Waals surface area contributed by atoms with Crippen LogP contribution in [0.5, 0.6) is 5.75 Å². The van der Waals surface area contributed by atoms with Crippen LogP contribution in [0.4, 0.5) is 5.69 Å². The second-order valence-electron chi connectivity index (χ2n) is 6.53. The van der Waals surface area contributed by atoms with E-state index >= 15 is 0 Å². The van der Waals surface area contributed by atoms with Gasteiger partial charge in [-0.2, -0.15) is 0 Å². The number of rotatable bonds is 5. The number of aromatic hydroxyl groups is 1. The van der Waals surface area contributed by atoms with Gasteiger partial charge in [0.15, 0.2) is 0 Å². The van der Waals surface area contributed by atoms with Crippen molar-refractivity contribution in [3.63, 3.8) is 0 Å². The molecule has 4 rings (SSSR count). The fourth-order valence-electron chi connectivity index (χ4n) is 3.28. The molecule has 0 aromatic heterocycles. The van der Waals surface area contributed by atoms with E-state index < -0.39 is 27.6 Å². The summed E-state index contributed by atoms with van der Waals surface area (Å²) >= 11 is 6.01. The van der Waals surface area contributed by atoms with Crippen LogP contribution >= 0.6 is 11.6 Å². The van der Waals surface area contributed by atoms with E-state index in [1.54, 1.807) is 36.4 Å². The van der Waals surface area contributed by atoms with Crippen molar-refractivity contribution in [2.24, 2.45) is 0 Å². The summed E-state index contributed by atoms with van der Waals surface area (Å²) in [6.07, 6.45) is 0. The maximum absolute atomic E-state index is 12.6. The van der Waals surface area contributed by atoms with E-state index in [1.165, 1.54) is 18.2 Å². The van der Waals surface area contributed by atoms with E-state index in [0.717, 1.165) is 4.90 Å². The van der Waals surface area contributed by atoms with E-state index in [0.29, 0.717) is 10.8 Å². The van der Waals surface area contributed by atoms with Crippen LogP contribution in [0.3, 0.4) is 0 Å². The highest BCUT2D eigenvalue weighted by Gasteiger charge is 2.35. The van der Waals surface area contributed by atoms with Crippen LogP contribution < -0.4 is 4.72 Å². The number of nitrogens with one attached hydrogen (secondary N) is 1. The fourth-order valence-corrected chi connectivity index (χ4v) is 4.52. The molecule has 0 radical (unpaired) electrons. The van der Waals surface area contributed by atoms with Gasteiger partial charge in [0.25, 0.3) is 11.8 Å². The van der Waals surface area contributed by atoms with Gasteiger partial charge in [-0.3, -0.25) is 19.2 Å². The quantitative estimate of drug-likeness (QED) is 0.477. The van der Waals surface area contributed by atoms with Crippen molar-refractivity contribution in [3.8, 4) is 5.75 Å². The summed E-state index contributed by atoms with van der Waals surface area (Å²) in [6, 6.07) is 14.3. The molecule has 148 valence electrons. The summed E-state index contributed by atoms with van der Waals surface area (Å²) in [7, 11) is -3.91. The number of hydrogen-bond acceptors (Lipinski definition) is 5. The highest BCUT2D eigenvalue weighted by atomic mass is 35.5. The molecular weight excluding hydrogens is 416 g/mol. The molecule has 0 saturated carbocycles. The summed E-state index contributed by atoms with van der Waals surface area (Å²) in [5, 5.41) is 11.0. The molecule has 0 aliphatic carbocycles. The molecule has 29 heavy (non-hydrogen) atoms. The number of nitrogens with zero attached hydrogens (tertiary/aromatic N) is 1. The Labute approximate surface area is 171 Å². The Balaban J connectivity index is 1.56. The predicted molar refractivity (Wildman–Crippen MR) is 110 cm³/mol. The van der Waals surface area contributed by atoms with Gasteiger partial charge < -0.3 is 5.11 Å². The maximum Gasteiger partial charge on any atom is 0.261 e. The van der Waals surface area contributed by atoms with Crippen LogP contribution in [0.1, 0.15) is 20.7 Å². The standard InChI is InChI=1S/C20H15ClN2O5S/c21-16-11-17(12-5-1-2-6-13(12)18(16)24)22-29(27,28)10-9-23-19(25)14-7-3-4-8-15(14)20(23)26/h1-8,11,22,24H,9-10H2. The van der Waals surface area contributed by atoms with Gasteiger partial charge in [0.05, 0.1) is 27.6 Å². The number of halogens is 1. The minimum Gasteiger partial charge on any atom is -0.506 e. The summed E-state index contributed by atoms with van der Waals surface area (Å²) in [4.78, 5) is 25.7. The number of anilines is 1. The SMILES string of the molecule is O=C1c2ccccc2C(=O)N1CCS(=O)(=O)Nc1cc(Cl)c(O)c2ccccc12. The van der Waals surface area contributed by atoms with Crippen LogP contribution in [0.15, 0.2) is 54.6 Å². The van der Waals surface area contributed by atoms with Gasteiger partial charge in [-0.15, -0.1) is 0 Å². The smallest absolute Gasteiger partial charge is 0.261 e. The number of benzene rings is 3. The molecule has 1 heterocycles. The lowest BCUT2D eigenvalue weighted by atomic mass is 10.1. The number of hydrogen-bond donors (Lipinski definition) is 2. The molecule has 3 aromatic rings. The van der Waals surface area contributed by atoms with Crippen molar-refractivity contribution in [1.29, 1.82) is 0 Å². The molecular formula is C20H15ClN2O5S. The molecule has 7 nitrogen and oxygen atoms in total. The molecule has 2 amide bonds. The van der Waals surface area contributed by atoms with Crippen LogP contribution in [0.25, 0.3) is 10.8 Å². The van der Waals surface area contributed by atoms with Crippen LogP contribution in [-0.2, 0) is 10.0 Å². The lowest BCUT2D eigenvalue weighted by molar-refractivity contribution is 0.0664. The maximum atomic E-state index is 12.6. The van der Waals surface area contributed by atoms with Crippen LogP contribution in [0, 0.1) is 0 Å². The van der Waals surface area contributed by atoms with Gasteiger partial charge in [0, 0.05) is 17.3 Å². The lowest BCUT2D eigenvalue weighted by Crippen LogP contribution is -2.35. The highest BCUT2D eigenvalue weighted by Crippen LogP contribution is 2.37. The molecule has 9 heteroatoms. The molecule has 0 spiro atoms. The molecule has 1 aliphatic rings. The first-order valence-electron chi connectivity index (χ1n) is 8.64.